The smallest absolute Gasteiger partial charge is 0.180 e. The molecule has 0 fully saturated rings. The lowest BCUT2D eigenvalue weighted by Gasteiger charge is -2.17. The van der Waals surface area contributed by atoms with Crippen molar-refractivity contribution in [3.05, 3.63) is 22.8 Å². The Labute approximate surface area is 111 Å². The van der Waals surface area contributed by atoms with E-state index in [1.54, 1.807) is 7.11 Å². The van der Waals surface area contributed by atoms with Gasteiger partial charge in [-0.1, -0.05) is 0 Å². The van der Waals surface area contributed by atoms with E-state index >= 15 is 0 Å². The van der Waals surface area contributed by atoms with Gasteiger partial charge in [0.05, 0.1) is 18.3 Å². The lowest BCUT2D eigenvalue weighted by atomic mass is 10.2. The maximum absolute atomic E-state index is 5.70. The zero-order chi connectivity index (χ0) is 13.3. The van der Waals surface area contributed by atoms with E-state index in [2.05, 4.69) is 36.4 Å². The summed E-state index contributed by atoms with van der Waals surface area (Å²) in [5, 5.41) is 2.61. The van der Waals surface area contributed by atoms with Crippen LogP contribution in [0, 0.1) is 13.8 Å². The molecule has 0 spiro atoms. The Kier molecular flexibility index (Phi) is 3.73. The normalized spacial score (nSPS) is 12.9. The molecule has 4 nitrogen and oxygen atoms in total. The molecule has 0 aliphatic heterocycles. The maximum atomic E-state index is 5.70. The van der Waals surface area contributed by atoms with Gasteiger partial charge in [-0.3, -0.25) is 0 Å². The largest absolute Gasteiger partial charge is 0.383 e. The Bertz CT molecular complexity index is 544. The summed E-state index contributed by atoms with van der Waals surface area (Å²) in [6.45, 7) is 7.08. The van der Waals surface area contributed by atoms with Crippen molar-refractivity contribution in [1.82, 2.24) is 9.55 Å². The van der Waals surface area contributed by atoms with Crippen molar-refractivity contribution < 1.29 is 4.74 Å². The van der Waals surface area contributed by atoms with Gasteiger partial charge in [0.2, 0.25) is 0 Å². The standard InChI is InChI=1S/C13H19N3OS/c1-8-5-11(12-7-18-13(14)15-12)10(3)16(8)9(2)6-17-4/h5,7,9H,6H2,1-4H3,(H2,14,15)/t9-/m0/s1. The topological polar surface area (TPSA) is 53.1 Å². The van der Waals surface area contributed by atoms with Gasteiger partial charge in [-0.25, -0.2) is 4.98 Å². The van der Waals surface area contributed by atoms with Gasteiger partial charge in [0.1, 0.15) is 0 Å². The molecule has 0 bridgehead atoms. The number of methoxy groups -OCH3 is 1. The number of aryl methyl sites for hydroxylation is 1. The van der Waals surface area contributed by atoms with E-state index in [0.29, 0.717) is 17.8 Å². The molecule has 2 N–H and O–H groups in total. The number of rotatable bonds is 4. The summed E-state index contributed by atoms with van der Waals surface area (Å²) in [5.41, 5.74) is 10.2. The number of nitrogens with zero attached hydrogens (tertiary/aromatic N) is 2. The van der Waals surface area contributed by atoms with E-state index < -0.39 is 0 Å². The second-order valence-corrected chi connectivity index (χ2v) is 5.42. The molecule has 5 heteroatoms. The van der Waals surface area contributed by atoms with E-state index in [1.807, 2.05) is 5.38 Å². The van der Waals surface area contributed by atoms with Gasteiger partial charge in [0.15, 0.2) is 5.13 Å². The molecular formula is C13H19N3OS. The molecule has 0 aliphatic rings. The van der Waals surface area contributed by atoms with Crippen LogP contribution in [0.15, 0.2) is 11.4 Å². The summed E-state index contributed by atoms with van der Waals surface area (Å²) < 4.78 is 7.52. The Balaban J connectivity index is 2.43. The summed E-state index contributed by atoms with van der Waals surface area (Å²) in [4.78, 5) is 4.35. The van der Waals surface area contributed by atoms with Gasteiger partial charge in [0, 0.05) is 29.4 Å². The summed E-state index contributed by atoms with van der Waals surface area (Å²) >= 11 is 1.47. The summed E-state index contributed by atoms with van der Waals surface area (Å²) in [7, 11) is 1.73. The highest BCUT2D eigenvalue weighted by Crippen LogP contribution is 2.30. The third kappa shape index (κ3) is 2.28. The fraction of sp³-hybridized carbons (Fsp3) is 0.462. The third-order valence-corrected chi connectivity index (χ3v) is 3.80. The first-order valence-corrected chi connectivity index (χ1v) is 6.81. The molecule has 18 heavy (non-hydrogen) atoms. The molecule has 98 valence electrons. The van der Waals surface area contributed by atoms with Crippen molar-refractivity contribution in [3.8, 4) is 11.3 Å². The van der Waals surface area contributed by atoms with Crippen molar-refractivity contribution in [3.63, 3.8) is 0 Å². The van der Waals surface area contributed by atoms with E-state index in [1.165, 1.54) is 22.7 Å². The molecule has 0 saturated heterocycles. The van der Waals surface area contributed by atoms with Crippen molar-refractivity contribution in [2.24, 2.45) is 0 Å². The molecule has 2 aromatic heterocycles. The number of ether oxygens (including phenoxy) is 1. The van der Waals surface area contributed by atoms with Gasteiger partial charge in [-0.05, 0) is 26.8 Å². The third-order valence-electron chi connectivity index (χ3n) is 3.13. The molecule has 2 aromatic rings. The first-order chi connectivity index (χ1) is 8.54. The van der Waals surface area contributed by atoms with Crippen molar-refractivity contribution in [2.45, 2.75) is 26.8 Å². The number of thiazole rings is 1. The van der Waals surface area contributed by atoms with Gasteiger partial charge < -0.3 is 15.0 Å². The fourth-order valence-electron chi connectivity index (χ4n) is 2.44. The van der Waals surface area contributed by atoms with Crippen LogP contribution in [0.1, 0.15) is 24.4 Å². The Morgan fingerprint density at radius 3 is 2.78 bits per heavy atom. The molecule has 0 radical (unpaired) electrons. The quantitative estimate of drug-likeness (QED) is 0.924. The first-order valence-electron chi connectivity index (χ1n) is 5.93. The van der Waals surface area contributed by atoms with E-state index in [9.17, 15) is 0 Å². The molecular weight excluding hydrogens is 246 g/mol. The number of hydrogen-bond acceptors (Lipinski definition) is 4. The van der Waals surface area contributed by atoms with E-state index in [0.717, 1.165) is 11.3 Å². The van der Waals surface area contributed by atoms with Crippen molar-refractivity contribution in [2.75, 3.05) is 19.5 Å². The average molecular weight is 265 g/mol. The van der Waals surface area contributed by atoms with Crippen LogP contribution < -0.4 is 5.73 Å². The molecule has 0 aromatic carbocycles. The molecule has 1 atom stereocenters. The lowest BCUT2D eigenvalue weighted by molar-refractivity contribution is 0.161. The predicted octanol–water partition coefficient (Wildman–Crippen LogP) is 3.02. The van der Waals surface area contributed by atoms with Gasteiger partial charge in [0.25, 0.3) is 0 Å². The highest BCUT2D eigenvalue weighted by Gasteiger charge is 2.16. The zero-order valence-electron chi connectivity index (χ0n) is 11.2. The van der Waals surface area contributed by atoms with Gasteiger partial charge >= 0.3 is 0 Å². The van der Waals surface area contributed by atoms with Crippen LogP contribution in [-0.4, -0.2) is 23.3 Å². The number of nitrogens with two attached hydrogens (primary N) is 1. The maximum Gasteiger partial charge on any atom is 0.180 e. The minimum atomic E-state index is 0.319. The monoisotopic (exact) mass is 265 g/mol. The second kappa shape index (κ2) is 5.12. The number of aromatic nitrogens is 2. The SMILES string of the molecule is COC[C@H](C)n1c(C)cc(-c2csc(N)n2)c1C. The highest BCUT2D eigenvalue weighted by molar-refractivity contribution is 7.13. The first kappa shape index (κ1) is 13.1. The predicted molar refractivity (Wildman–Crippen MR) is 76.0 cm³/mol. The van der Waals surface area contributed by atoms with Crippen LogP contribution in [0.3, 0.4) is 0 Å². The molecule has 0 amide bonds. The number of hydrogen-bond donors (Lipinski definition) is 1. The number of nitrogen functional groups attached to an aromatic ring is 1. The zero-order valence-corrected chi connectivity index (χ0v) is 12.0. The molecule has 0 aliphatic carbocycles. The van der Waals surface area contributed by atoms with Crippen LogP contribution >= 0.6 is 11.3 Å². The Morgan fingerprint density at radius 1 is 1.50 bits per heavy atom. The van der Waals surface area contributed by atoms with Crippen molar-refractivity contribution >= 4 is 16.5 Å². The average Bonchev–Trinajstić information content (AvgIpc) is 2.83. The second-order valence-electron chi connectivity index (χ2n) is 4.53. The minimum absolute atomic E-state index is 0.319. The molecule has 2 heterocycles. The van der Waals surface area contributed by atoms with E-state index in [4.69, 9.17) is 10.5 Å². The Morgan fingerprint density at radius 2 is 2.22 bits per heavy atom. The molecule has 2 rings (SSSR count). The van der Waals surface area contributed by atoms with Gasteiger partial charge in [-0.2, -0.15) is 0 Å². The fourth-order valence-corrected chi connectivity index (χ4v) is 3.00. The van der Waals surface area contributed by atoms with E-state index in [-0.39, 0.29) is 0 Å². The Hall–Kier alpha value is -1.33. The summed E-state index contributed by atoms with van der Waals surface area (Å²) in [5.74, 6) is 0. The van der Waals surface area contributed by atoms with Crippen LogP contribution in [0.4, 0.5) is 5.13 Å². The van der Waals surface area contributed by atoms with Crippen LogP contribution in [0.5, 0.6) is 0 Å². The van der Waals surface area contributed by atoms with Crippen LogP contribution in [0.25, 0.3) is 11.3 Å². The van der Waals surface area contributed by atoms with Gasteiger partial charge in [-0.15, -0.1) is 11.3 Å². The van der Waals surface area contributed by atoms with Crippen LogP contribution in [0.2, 0.25) is 0 Å². The summed E-state index contributed by atoms with van der Waals surface area (Å²) in [6, 6.07) is 2.48. The minimum Gasteiger partial charge on any atom is -0.383 e. The molecule has 0 unspecified atom stereocenters. The summed E-state index contributed by atoms with van der Waals surface area (Å²) in [6.07, 6.45) is 0. The lowest BCUT2D eigenvalue weighted by Crippen LogP contribution is -2.13. The number of anilines is 1. The molecule has 0 saturated carbocycles. The van der Waals surface area contributed by atoms with Crippen molar-refractivity contribution in [1.29, 1.82) is 0 Å². The van der Waals surface area contributed by atoms with Crippen LogP contribution in [-0.2, 0) is 4.74 Å². The highest BCUT2D eigenvalue weighted by atomic mass is 32.1.